The number of phenolic OH excluding ortho intramolecular Hbond substituents is 1. The smallest absolute Gasteiger partial charge is 0.340 e. The van der Waals surface area contributed by atoms with Crippen molar-refractivity contribution in [3.8, 4) is 5.75 Å². The Balaban J connectivity index is 2.54. The van der Waals surface area contributed by atoms with Crippen LogP contribution in [0.1, 0.15) is 30.5 Å². The molecule has 1 aromatic heterocycles. The maximum absolute atomic E-state index is 12.1. The lowest BCUT2D eigenvalue weighted by Gasteiger charge is -2.11. The number of rotatable bonds is 3. The molecule has 0 aliphatic rings. The molecule has 0 aliphatic heterocycles. The maximum atomic E-state index is 12.1. The molecule has 1 amide bonds. The number of carbonyl (C=O) groups is 1. The summed E-state index contributed by atoms with van der Waals surface area (Å²) in [7, 11) is 0. The number of hydrogen-bond donors (Lipinski definition) is 2. The number of nitrogens with one attached hydrogen (secondary N) is 1. The molecular weight excluding hydrogens is 270 g/mol. The molecule has 0 spiro atoms. The molecule has 21 heavy (non-hydrogen) atoms. The largest absolute Gasteiger partial charge is 0.508 e. The van der Waals surface area contributed by atoms with E-state index in [4.69, 9.17) is 4.42 Å². The quantitative estimate of drug-likeness (QED) is 0.849. The average molecular weight is 289 g/mol. The minimum absolute atomic E-state index is 0.0117. The summed E-state index contributed by atoms with van der Waals surface area (Å²) in [6, 6.07) is 3.27. The summed E-state index contributed by atoms with van der Waals surface area (Å²) < 4.78 is 5.30. The number of aryl methyl sites for hydroxylation is 2. The number of carbonyl (C=O) groups excluding carboxylic acids is 1. The third-order valence-corrected chi connectivity index (χ3v) is 3.46. The lowest BCUT2D eigenvalue weighted by Crippen LogP contribution is -2.33. The molecular formula is C16H19NO4. The second-order valence-electron chi connectivity index (χ2n) is 5.48. The Morgan fingerprint density at radius 3 is 2.57 bits per heavy atom. The zero-order valence-corrected chi connectivity index (χ0v) is 12.6. The van der Waals surface area contributed by atoms with Crippen molar-refractivity contribution in [1.29, 1.82) is 0 Å². The number of fused-ring (bicyclic) bond motifs is 1. The van der Waals surface area contributed by atoms with E-state index in [1.54, 1.807) is 26.0 Å². The van der Waals surface area contributed by atoms with Crippen molar-refractivity contribution in [2.75, 3.05) is 0 Å². The molecule has 0 aliphatic carbocycles. The van der Waals surface area contributed by atoms with Crippen LogP contribution in [0.2, 0.25) is 0 Å². The van der Waals surface area contributed by atoms with Gasteiger partial charge in [0.25, 0.3) is 0 Å². The number of amides is 1. The highest BCUT2D eigenvalue weighted by Crippen LogP contribution is 2.28. The lowest BCUT2D eigenvalue weighted by atomic mass is 10.0. The van der Waals surface area contributed by atoms with Gasteiger partial charge < -0.3 is 14.8 Å². The fraction of sp³-hybridized carbons (Fsp3) is 0.375. The first kappa shape index (κ1) is 15.1. The van der Waals surface area contributed by atoms with Gasteiger partial charge in [-0.2, -0.15) is 0 Å². The second kappa shape index (κ2) is 5.60. The standard InChI is InChI=1S/C16H19NO4/c1-8(2)17-14(19)7-12-9(3)11-5-6-13(18)10(4)15(11)21-16(12)20/h5-6,8,18H,7H2,1-4H3,(H,17,19). The highest BCUT2D eigenvalue weighted by Gasteiger charge is 2.17. The van der Waals surface area contributed by atoms with Crippen LogP contribution < -0.4 is 10.9 Å². The van der Waals surface area contributed by atoms with Gasteiger partial charge in [0.1, 0.15) is 11.3 Å². The van der Waals surface area contributed by atoms with E-state index >= 15 is 0 Å². The van der Waals surface area contributed by atoms with Gasteiger partial charge in [-0.15, -0.1) is 0 Å². The number of benzene rings is 1. The Morgan fingerprint density at radius 1 is 1.29 bits per heavy atom. The molecule has 1 aromatic carbocycles. The van der Waals surface area contributed by atoms with Gasteiger partial charge in [-0.3, -0.25) is 4.79 Å². The van der Waals surface area contributed by atoms with E-state index in [0.717, 1.165) is 5.39 Å². The van der Waals surface area contributed by atoms with Crippen LogP contribution in [-0.2, 0) is 11.2 Å². The first-order chi connectivity index (χ1) is 9.81. The molecule has 5 nitrogen and oxygen atoms in total. The first-order valence-electron chi connectivity index (χ1n) is 6.85. The Labute approximate surface area is 122 Å². The normalized spacial score (nSPS) is 11.1. The monoisotopic (exact) mass is 289 g/mol. The third-order valence-electron chi connectivity index (χ3n) is 3.46. The summed E-state index contributed by atoms with van der Waals surface area (Å²) in [6.45, 7) is 7.19. The van der Waals surface area contributed by atoms with Gasteiger partial charge in [0.15, 0.2) is 0 Å². The second-order valence-corrected chi connectivity index (χ2v) is 5.48. The molecule has 0 bridgehead atoms. The Morgan fingerprint density at radius 2 is 1.95 bits per heavy atom. The fourth-order valence-electron chi connectivity index (χ4n) is 2.32. The van der Waals surface area contributed by atoms with Crippen LogP contribution in [0, 0.1) is 13.8 Å². The van der Waals surface area contributed by atoms with E-state index in [0.29, 0.717) is 22.3 Å². The van der Waals surface area contributed by atoms with Crippen LogP contribution in [0.4, 0.5) is 0 Å². The summed E-state index contributed by atoms with van der Waals surface area (Å²) in [5.41, 5.74) is 1.41. The van der Waals surface area contributed by atoms with Crippen LogP contribution >= 0.6 is 0 Å². The van der Waals surface area contributed by atoms with Gasteiger partial charge in [0.05, 0.1) is 12.0 Å². The minimum Gasteiger partial charge on any atom is -0.508 e. The molecule has 0 fully saturated rings. The molecule has 5 heteroatoms. The van der Waals surface area contributed by atoms with Crippen molar-refractivity contribution < 1.29 is 14.3 Å². The van der Waals surface area contributed by atoms with Crippen molar-refractivity contribution in [3.63, 3.8) is 0 Å². The zero-order valence-electron chi connectivity index (χ0n) is 12.6. The topological polar surface area (TPSA) is 79.5 Å². The fourth-order valence-corrected chi connectivity index (χ4v) is 2.32. The average Bonchev–Trinajstić information content (AvgIpc) is 2.38. The summed E-state index contributed by atoms with van der Waals surface area (Å²) in [5.74, 6) is -0.134. The first-order valence-corrected chi connectivity index (χ1v) is 6.85. The van der Waals surface area contributed by atoms with Gasteiger partial charge in [0.2, 0.25) is 5.91 Å². The minimum atomic E-state index is -0.535. The molecule has 0 radical (unpaired) electrons. The number of hydrogen-bond acceptors (Lipinski definition) is 4. The van der Waals surface area contributed by atoms with Crippen molar-refractivity contribution in [1.82, 2.24) is 5.32 Å². The van der Waals surface area contributed by atoms with E-state index in [2.05, 4.69) is 5.32 Å². The SMILES string of the molecule is Cc1c(CC(=O)NC(C)C)c(=O)oc2c(C)c(O)ccc12. The predicted molar refractivity (Wildman–Crippen MR) is 80.6 cm³/mol. The van der Waals surface area contributed by atoms with E-state index in [-0.39, 0.29) is 24.1 Å². The van der Waals surface area contributed by atoms with E-state index in [1.807, 2.05) is 13.8 Å². The maximum Gasteiger partial charge on any atom is 0.340 e. The lowest BCUT2D eigenvalue weighted by molar-refractivity contribution is -0.120. The summed E-state index contributed by atoms with van der Waals surface area (Å²) >= 11 is 0. The summed E-state index contributed by atoms with van der Waals surface area (Å²) in [6.07, 6.45) is -0.0117. The van der Waals surface area contributed by atoms with Gasteiger partial charge in [-0.25, -0.2) is 4.79 Å². The third kappa shape index (κ3) is 2.91. The Hall–Kier alpha value is -2.30. The van der Waals surface area contributed by atoms with E-state index in [1.165, 1.54) is 0 Å². The Kier molecular flexibility index (Phi) is 4.02. The molecule has 0 unspecified atom stereocenters. The van der Waals surface area contributed by atoms with Crippen molar-refractivity contribution in [3.05, 3.63) is 39.2 Å². The van der Waals surface area contributed by atoms with Gasteiger partial charge in [-0.1, -0.05) is 0 Å². The van der Waals surface area contributed by atoms with Crippen LogP contribution in [0.3, 0.4) is 0 Å². The molecule has 1 heterocycles. The van der Waals surface area contributed by atoms with E-state index < -0.39 is 5.63 Å². The number of aromatic hydroxyl groups is 1. The molecule has 2 N–H and O–H groups in total. The molecule has 0 saturated carbocycles. The van der Waals surface area contributed by atoms with Crippen molar-refractivity contribution in [2.45, 2.75) is 40.2 Å². The van der Waals surface area contributed by atoms with Gasteiger partial charge >= 0.3 is 5.63 Å². The highest BCUT2D eigenvalue weighted by atomic mass is 16.4. The van der Waals surface area contributed by atoms with Crippen LogP contribution in [0.25, 0.3) is 11.0 Å². The predicted octanol–water partition coefficient (Wildman–Crippen LogP) is 2.18. The molecule has 2 aromatic rings. The molecule has 0 atom stereocenters. The van der Waals surface area contributed by atoms with E-state index in [9.17, 15) is 14.7 Å². The summed E-state index contributed by atoms with van der Waals surface area (Å²) in [4.78, 5) is 24.0. The van der Waals surface area contributed by atoms with Crippen LogP contribution in [0.5, 0.6) is 5.75 Å². The Bertz CT molecular complexity index is 759. The van der Waals surface area contributed by atoms with Crippen LogP contribution in [0.15, 0.2) is 21.3 Å². The molecule has 112 valence electrons. The van der Waals surface area contributed by atoms with Gasteiger partial charge in [-0.05, 0) is 45.4 Å². The summed E-state index contributed by atoms with van der Waals surface area (Å²) in [5, 5.41) is 13.2. The van der Waals surface area contributed by atoms with Gasteiger partial charge in [0, 0.05) is 17.0 Å². The molecule has 0 saturated heterocycles. The highest BCUT2D eigenvalue weighted by molar-refractivity contribution is 5.87. The number of phenols is 1. The van der Waals surface area contributed by atoms with Crippen molar-refractivity contribution in [2.24, 2.45) is 0 Å². The van der Waals surface area contributed by atoms with Crippen LogP contribution in [-0.4, -0.2) is 17.1 Å². The van der Waals surface area contributed by atoms with Crippen molar-refractivity contribution >= 4 is 16.9 Å². The molecule has 2 rings (SSSR count). The zero-order chi connectivity index (χ0) is 15.7.